The zero-order valence-corrected chi connectivity index (χ0v) is 24.5. The second-order valence-corrected chi connectivity index (χ2v) is 10.7. The predicted octanol–water partition coefficient (Wildman–Crippen LogP) is 2.23. The molecule has 1 aliphatic heterocycles. The Bertz CT molecular complexity index is 1750. The maximum Gasteiger partial charge on any atom is 0.323 e. The van der Waals surface area contributed by atoms with Crippen LogP contribution in [-0.4, -0.2) is 90.0 Å². The average molecular weight is 570 g/mol. The van der Waals surface area contributed by atoms with Crippen LogP contribution in [-0.2, 0) is 4.79 Å². The molecule has 2 atom stereocenters. The largest absolute Gasteiger partial charge is 0.480 e. The summed E-state index contributed by atoms with van der Waals surface area (Å²) >= 11 is 0. The van der Waals surface area contributed by atoms with Crippen LogP contribution in [0.4, 0.5) is 11.4 Å². The monoisotopic (exact) mass is 569 g/mol. The van der Waals surface area contributed by atoms with E-state index in [1.165, 1.54) is 5.01 Å². The molecule has 1 aliphatic rings. The fourth-order valence-electron chi connectivity index (χ4n) is 5.02. The van der Waals surface area contributed by atoms with E-state index in [0.717, 1.165) is 44.6 Å². The molecule has 2 aromatic heterocycles. The summed E-state index contributed by atoms with van der Waals surface area (Å²) in [4.78, 5) is 34.7. The van der Waals surface area contributed by atoms with E-state index < -0.39 is 24.9 Å². The van der Waals surface area contributed by atoms with Crippen molar-refractivity contribution in [2.75, 3.05) is 44.6 Å². The Morgan fingerprint density at radius 2 is 1.45 bits per heavy atom. The lowest BCUT2D eigenvalue weighted by Gasteiger charge is -2.33. The van der Waals surface area contributed by atoms with Gasteiger partial charge in [-0.25, -0.2) is 15.8 Å². The summed E-state index contributed by atoms with van der Waals surface area (Å²) in [5.74, 6) is 6.06. The molecule has 0 saturated heterocycles. The number of anilines is 2. The van der Waals surface area contributed by atoms with E-state index >= 15 is 0 Å². The van der Waals surface area contributed by atoms with E-state index in [1.54, 1.807) is 0 Å². The van der Waals surface area contributed by atoms with Crippen molar-refractivity contribution in [3.8, 4) is 0 Å². The van der Waals surface area contributed by atoms with E-state index in [0.29, 0.717) is 22.8 Å². The Kier molecular flexibility index (Phi) is 7.78. The Balaban J connectivity index is 1.68. The number of benzene rings is 2. The first-order valence-corrected chi connectivity index (χ1v) is 13.4. The molecule has 0 amide bonds. The maximum absolute atomic E-state index is 11.8. The number of nitrogens with two attached hydrogens (primary N) is 1. The van der Waals surface area contributed by atoms with Crippen molar-refractivity contribution in [3.05, 3.63) is 71.0 Å². The predicted molar refractivity (Wildman–Crippen MR) is 166 cm³/mol. The number of aliphatic carboxylic acids is 1. The van der Waals surface area contributed by atoms with E-state index in [1.807, 2.05) is 100 Å². The number of aliphatic imine (C=N–C) groups is 2. The van der Waals surface area contributed by atoms with Crippen molar-refractivity contribution in [1.29, 1.82) is 0 Å². The number of hydrogen-bond donors (Lipinski definition) is 4. The Morgan fingerprint density at radius 3 is 1.95 bits per heavy atom. The third kappa shape index (κ3) is 5.47. The van der Waals surface area contributed by atoms with Gasteiger partial charge in [0, 0.05) is 72.9 Å². The molecule has 0 saturated carbocycles. The average Bonchev–Trinajstić information content (AvgIpc) is 2.94. The van der Waals surface area contributed by atoms with Crippen LogP contribution in [0.3, 0.4) is 0 Å². The number of carboxylic acid groups (broad SMARTS) is 1. The van der Waals surface area contributed by atoms with E-state index in [4.69, 9.17) is 10.8 Å². The van der Waals surface area contributed by atoms with Crippen LogP contribution in [0, 0.1) is 13.8 Å². The molecule has 218 valence electrons. The summed E-state index contributed by atoms with van der Waals surface area (Å²) in [5, 5.41) is 25.3. The van der Waals surface area contributed by atoms with Gasteiger partial charge in [0.2, 0.25) is 0 Å². The van der Waals surface area contributed by atoms with Crippen LogP contribution in [0.15, 0.2) is 58.5 Å². The fraction of sp³-hybridized carbons (Fsp3) is 0.300. The van der Waals surface area contributed by atoms with Crippen molar-refractivity contribution in [1.82, 2.24) is 20.3 Å². The Hall–Kier alpha value is -4.65. The van der Waals surface area contributed by atoms with E-state index in [9.17, 15) is 15.0 Å². The lowest BCUT2D eigenvalue weighted by atomic mass is 10.1. The second-order valence-electron chi connectivity index (χ2n) is 10.7. The molecule has 0 aliphatic carbocycles. The minimum absolute atomic E-state index is 0.355. The number of amidine groups is 2. The second kappa shape index (κ2) is 11.3. The van der Waals surface area contributed by atoms with Gasteiger partial charge in [-0.2, -0.15) is 0 Å². The zero-order chi connectivity index (χ0) is 30.3. The SMILES string of the molecule is Cc1cc(N(C)C)c2cc(C3=NC(N[C@@H](CO)C(=O)O)N(N)C(c4ccc5nc(C)cc(N(C)C)c5c4)=N3)ccc2n1. The topological polar surface area (TPSA) is 156 Å². The number of pyridine rings is 2. The number of nitrogens with one attached hydrogen (secondary N) is 1. The van der Waals surface area contributed by atoms with Gasteiger partial charge in [-0.3, -0.25) is 25.1 Å². The quantitative estimate of drug-likeness (QED) is 0.232. The van der Waals surface area contributed by atoms with Crippen LogP contribution < -0.4 is 21.0 Å². The third-order valence-corrected chi connectivity index (χ3v) is 7.11. The highest BCUT2D eigenvalue weighted by Crippen LogP contribution is 2.29. The van der Waals surface area contributed by atoms with E-state index in [2.05, 4.69) is 20.3 Å². The van der Waals surface area contributed by atoms with Gasteiger partial charge in [-0.15, -0.1) is 0 Å². The minimum Gasteiger partial charge on any atom is -0.480 e. The summed E-state index contributed by atoms with van der Waals surface area (Å²) in [6.45, 7) is 3.27. The molecule has 42 heavy (non-hydrogen) atoms. The molecule has 12 nitrogen and oxygen atoms in total. The first-order valence-electron chi connectivity index (χ1n) is 13.4. The van der Waals surface area contributed by atoms with Crippen LogP contribution in [0.5, 0.6) is 0 Å². The Morgan fingerprint density at radius 1 is 0.929 bits per heavy atom. The molecular formula is C30H35N9O3. The number of aliphatic hydroxyl groups is 1. The van der Waals surface area contributed by atoms with Crippen molar-refractivity contribution in [2.24, 2.45) is 15.8 Å². The number of carbonyl (C=O) groups is 1. The maximum atomic E-state index is 11.8. The smallest absolute Gasteiger partial charge is 0.323 e. The number of hydrazine groups is 1. The number of fused-ring (bicyclic) bond motifs is 2. The first-order chi connectivity index (χ1) is 20.0. The summed E-state index contributed by atoms with van der Waals surface area (Å²) in [7, 11) is 7.89. The number of carboxylic acids is 1. The molecule has 2 aromatic carbocycles. The molecule has 5 rings (SSSR count). The molecule has 0 spiro atoms. The van der Waals surface area contributed by atoms with Gasteiger partial charge >= 0.3 is 5.97 Å². The number of rotatable bonds is 8. The first kappa shape index (κ1) is 28.9. The highest BCUT2D eigenvalue weighted by atomic mass is 16.4. The zero-order valence-electron chi connectivity index (χ0n) is 24.5. The molecule has 0 radical (unpaired) electrons. The van der Waals surface area contributed by atoms with Gasteiger partial charge < -0.3 is 20.0 Å². The molecule has 4 aromatic rings. The summed E-state index contributed by atoms with van der Waals surface area (Å²) < 4.78 is 0. The summed E-state index contributed by atoms with van der Waals surface area (Å²) in [5.41, 5.74) is 6.84. The number of nitrogens with zero attached hydrogens (tertiary/aromatic N) is 7. The summed E-state index contributed by atoms with van der Waals surface area (Å²) in [6, 6.07) is 14.3. The lowest BCUT2D eigenvalue weighted by Crippen LogP contribution is -2.59. The van der Waals surface area contributed by atoms with Crippen LogP contribution >= 0.6 is 0 Å². The summed E-state index contributed by atoms with van der Waals surface area (Å²) in [6.07, 6.45) is -1.03. The standard InChI is InChI=1S/C30H35N9O3/c1-16-11-25(37(3)4)20-13-18(7-9-22(20)32-16)27-35-28(39(31)30(36-27)34-24(15-40)29(41)42)19-8-10-23-21(14-19)26(38(5)6)12-17(2)33-23/h7-14,24,30,34,40H,15,31H2,1-6H3,(H,41,42)/t24-,30?/m0/s1. The van der Waals surface area contributed by atoms with Crippen molar-refractivity contribution >= 4 is 50.8 Å². The third-order valence-electron chi connectivity index (χ3n) is 7.11. The van der Waals surface area contributed by atoms with Crippen LogP contribution in [0.25, 0.3) is 21.8 Å². The lowest BCUT2D eigenvalue weighted by molar-refractivity contribution is -0.141. The molecule has 1 unspecified atom stereocenters. The van der Waals surface area contributed by atoms with Crippen LogP contribution in [0.1, 0.15) is 22.5 Å². The Labute approximate surface area is 243 Å². The molecule has 0 fully saturated rings. The van der Waals surface area contributed by atoms with Crippen molar-refractivity contribution in [2.45, 2.75) is 26.2 Å². The molecule has 12 heteroatoms. The van der Waals surface area contributed by atoms with Gasteiger partial charge in [-0.05, 0) is 62.4 Å². The van der Waals surface area contributed by atoms with Crippen molar-refractivity contribution < 1.29 is 15.0 Å². The number of hydrogen-bond acceptors (Lipinski definition) is 11. The van der Waals surface area contributed by atoms with Gasteiger partial charge in [0.05, 0.1) is 17.6 Å². The normalized spacial score (nSPS) is 15.9. The fourth-order valence-corrected chi connectivity index (χ4v) is 5.02. The van der Waals surface area contributed by atoms with Gasteiger partial charge in [-0.1, -0.05) is 0 Å². The molecule has 0 bridgehead atoms. The van der Waals surface area contributed by atoms with E-state index in [-0.39, 0.29) is 0 Å². The van der Waals surface area contributed by atoms with Gasteiger partial charge in [0.25, 0.3) is 0 Å². The van der Waals surface area contributed by atoms with Crippen LogP contribution in [0.2, 0.25) is 0 Å². The number of aliphatic hydroxyl groups excluding tert-OH is 1. The molecule has 3 heterocycles. The highest BCUT2D eigenvalue weighted by Gasteiger charge is 2.30. The number of aryl methyl sites for hydroxylation is 2. The minimum atomic E-state index is -1.29. The molecule has 5 N–H and O–H groups in total. The molecular weight excluding hydrogens is 534 g/mol. The van der Waals surface area contributed by atoms with Gasteiger partial charge in [0.1, 0.15) is 6.04 Å². The van der Waals surface area contributed by atoms with Crippen molar-refractivity contribution in [3.63, 3.8) is 0 Å². The highest BCUT2D eigenvalue weighted by molar-refractivity contribution is 6.15. The van der Waals surface area contributed by atoms with Gasteiger partial charge in [0.15, 0.2) is 18.0 Å². The number of aromatic nitrogens is 2.